The minimum Gasteiger partial charge on any atom is -0.458 e. The summed E-state index contributed by atoms with van der Waals surface area (Å²) in [5.74, 6) is 3.38. The Morgan fingerprint density at radius 2 is 0.930 bits per heavy atom. The topological polar surface area (TPSA) is 31.6 Å². The molecule has 0 aliphatic carbocycles. The second kappa shape index (κ2) is 15.4. The van der Waals surface area contributed by atoms with Crippen molar-refractivity contribution in [1.29, 1.82) is 0 Å². The summed E-state index contributed by atoms with van der Waals surface area (Å²) in [4.78, 5) is 2.36. The van der Waals surface area contributed by atoms with Gasteiger partial charge in [0.2, 0.25) is 0 Å². The van der Waals surface area contributed by atoms with E-state index in [0.29, 0.717) is 0 Å². The maximum Gasteiger partial charge on any atom is 0.260 e. The van der Waals surface area contributed by atoms with Gasteiger partial charge in [-0.25, -0.2) is 0 Å². The van der Waals surface area contributed by atoms with Gasteiger partial charge in [0, 0.05) is 62.7 Å². The van der Waals surface area contributed by atoms with Gasteiger partial charge in [-0.3, -0.25) is 0 Å². The van der Waals surface area contributed by atoms with Gasteiger partial charge < -0.3 is 23.5 Å². The van der Waals surface area contributed by atoms with E-state index in [0.717, 1.165) is 73.2 Å². The summed E-state index contributed by atoms with van der Waals surface area (Å²) in [5.41, 5.74) is 17.6. The first-order valence-corrected chi connectivity index (χ1v) is 25.4. The molecular formula is C65H64BN3O2. The van der Waals surface area contributed by atoms with Gasteiger partial charge in [0.15, 0.2) is 0 Å². The number of aromatic nitrogens is 2. The lowest BCUT2D eigenvalue weighted by atomic mass is 9.34. The van der Waals surface area contributed by atoms with Crippen LogP contribution in [0, 0.1) is 0 Å². The lowest BCUT2D eigenvalue weighted by Crippen LogP contribution is -2.57. The third-order valence-corrected chi connectivity index (χ3v) is 15.5. The van der Waals surface area contributed by atoms with Crippen molar-refractivity contribution in [3.63, 3.8) is 0 Å². The number of fused-ring (bicyclic) bond motifs is 11. The van der Waals surface area contributed by atoms with Gasteiger partial charge >= 0.3 is 0 Å². The van der Waals surface area contributed by atoms with E-state index >= 15 is 0 Å². The molecule has 0 amide bonds. The summed E-state index contributed by atoms with van der Waals surface area (Å²) in [6.07, 6.45) is 0. The van der Waals surface area contributed by atoms with Crippen LogP contribution in [0.25, 0.3) is 49.3 Å². The zero-order valence-electron chi connectivity index (χ0n) is 43.7. The molecule has 71 heavy (non-hydrogen) atoms. The molecule has 5 nitrogen and oxygen atoms in total. The molecule has 2 aliphatic rings. The Morgan fingerprint density at radius 3 is 1.48 bits per heavy atom. The van der Waals surface area contributed by atoms with Crippen LogP contribution in [0.15, 0.2) is 152 Å². The lowest BCUT2D eigenvalue weighted by molar-refractivity contribution is 0.466. The normalized spacial score (nSPS) is 13.6. The van der Waals surface area contributed by atoms with Crippen molar-refractivity contribution in [2.75, 3.05) is 4.90 Å². The van der Waals surface area contributed by atoms with Crippen LogP contribution in [-0.2, 0) is 28.7 Å². The highest BCUT2D eigenvalue weighted by Gasteiger charge is 2.42. The Hall–Kier alpha value is -7.18. The lowest BCUT2D eigenvalue weighted by Gasteiger charge is -2.34. The first-order chi connectivity index (χ1) is 33.6. The van der Waals surface area contributed by atoms with Crippen molar-refractivity contribution < 1.29 is 9.47 Å². The molecule has 2 aliphatic heterocycles. The molecule has 0 fully saturated rings. The van der Waals surface area contributed by atoms with E-state index in [-0.39, 0.29) is 28.4 Å². The molecule has 0 saturated carbocycles. The SMILES string of the molecule is Cn1c2ccccc2c2c(-n3c4ccc(C(C)(C)C)cc4c4cc(C(C)(C)C)ccc43)cc3c(c21)Oc1cccc2c1B3c1ccc(N(c3ccc(C(C)(C)C)cc3)c3ccc(C(C)(C)C)cc3)cc1O2. The average Bonchev–Trinajstić information content (AvgIpc) is 3.82. The van der Waals surface area contributed by atoms with E-state index < -0.39 is 0 Å². The Bertz CT molecular complexity index is 3680. The Morgan fingerprint density at radius 1 is 0.423 bits per heavy atom. The first-order valence-electron chi connectivity index (χ1n) is 25.4. The van der Waals surface area contributed by atoms with Crippen molar-refractivity contribution >= 4 is 83.8 Å². The Balaban J connectivity index is 1.11. The van der Waals surface area contributed by atoms with Gasteiger partial charge in [0.1, 0.15) is 23.0 Å². The molecule has 12 rings (SSSR count). The zero-order chi connectivity index (χ0) is 49.7. The number of aryl methyl sites for hydroxylation is 1. The van der Waals surface area contributed by atoms with Gasteiger partial charge in [0.25, 0.3) is 6.71 Å². The molecule has 0 N–H and O–H groups in total. The highest BCUT2D eigenvalue weighted by Crippen LogP contribution is 2.47. The summed E-state index contributed by atoms with van der Waals surface area (Å²) in [6, 6.07) is 56.8. The number of anilines is 3. The summed E-state index contributed by atoms with van der Waals surface area (Å²) in [5, 5.41) is 4.90. The molecule has 0 radical (unpaired) electrons. The monoisotopic (exact) mass is 930 g/mol. The number of nitrogens with zero attached hydrogens (tertiary/aromatic N) is 3. The molecule has 4 heterocycles. The van der Waals surface area contributed by atoms with Gasteiger partial charge in [-0.2, -0.15) is 0 Å². The molecule has 0 bridgehead atoms. The van der Waals surface area contributed by atoms with Crippen LogP contribution < -0.4 is 30.8 Å². The molecule has 2 aromatic heterocycles. The second-order valence-electron chi connectivity index (χ2n) is 24.4. The van der Waals surface area contributed by atoms with Gasteiger partial charge in [-0.05, 0) is 134 Å². The van der Waals surface area contributed by atoms with Crippen molar-refractivity contribution in [3.05, 3.63) is 174 Å². The maximum atomic E-state index is 7.24. The van der Waals surface area contributed by atoms with Gasteiger partial charge in [-0.15, -0.1) is 0 Å². The van der Waals surface area contributed by atoms with Gasteiger partial charge in [0.05, 0.1) is 22.2 Å². The third-order valence-electron chi connectivity index (χ3n) is 15.5. The fourth-order valence-electron chi connectivity index (χ4n) is 11.4. The summed E-state index contributed by atoms with van der Waals surface area (Å²) < 4.78 is 19.2. The highest BCUT2D eigenvalue weighted by atomic mass is 16.5. The Labute approximate surface area is 419 Å². The molecular weight excluding hydrogens is 866 g/mol. The van der Waals surface area contributed by atoms with Crippen molar-refractivity contribution in [2.45, 2.75) is 105 Å². The largest absolute Gasteiger partial charge is 0.458 e. The average molecular weight is 930 g/mol. The van der Waals surface area contributed by atoms with Crippen LogP contribution in [0.4, 0.5) is 17.1 Å². The van der Waals surface area contributed by atoms with Crippen molar-refractivity contribution in [3.8, 4) is 28.7 Å². The number of rotatable bonds is 4. The number of hydrogen-bond donors (Lipinski definition) is 0. The summed E-state index contributed by atoms with van der Waals surface area (Å²) in [6.45, 7) is 27.3. The molecule has 6 heteroatoms. The molecule has 0 spiro atoms. The van der Waals surface area contributed by atoms with E-state index in [1.165, 1.54) is 54.8 Å². The number of ether oxygens (including phenoxy) is 2. The van der Waals surface area contributed by atoms with Crippen LogP contribution in [0.5, 0.6) is 23.0 Å². The molecule has 8 aromatic carbocycles. The van der Waals surface area contributed by atoms with Crippen LogP contribution in [0.1, 0.15) is 105 Å². The minimum absolute atomic E-state index is 0.0114. The standard InChI is InChI=1S/C65H64BN3O2/c1-62(2,3)39-21-27-43(28-22-39)68(44-29-23-40(24-30-44)63(4,5)6)45-31-32-49-57(37-45)70-55-19-16-20-56-59(55)66(49)50-38-54(58-46-17-14-15-18-51(46)67(13)60(58)61(50)71-56)69-52-33-25-41(64(7,8)9)35-47(52)48-36-42(65(10,11)12)26-34-53(48)69/h14-38H,1-13H3. The number of benzene rings is 8. The predicted molar refractivity (Wildman–Crippen MR) is 302 cm³/mol. The van der Waals surface area contributed by atoms with Crippen LogP contribution >= 0.6 is 0 Å². The van der Waals surface area contributed by atoms with Gasteiger partial charge in [-0.1, -0.05) is 150 Å². The highest BCUT2D eigenvalue weighted by molar-refractivity contribution is 6.98. The fraction of sp³-hybridized carbons (Fsp3) is 0.262. The molecule has 0 unspecified atom stereocenters. The zero-order valence-corrected chi connectivity index (χ0v) is 43.7. The number of para-hydroxylation sites is 1. The Kier molecular flexibility index (Phi) is 9.77. The quantitative estimate of drug-likeness (QED) is 0.165. The second-order valence-corrected chi connectivity index (χ2v) is 24.4. The van der Waals surface area contributed by atoms with E-state index in [4.69, 9.17) is 9.47 Å². The number of hydrogen-bond acceptors (Lipinski definition) is 3. The third kappa shape index (κ3) is 7.11. The summed E-state index contributed by atoms with van der Waals surface area (Å²) in [7, 11) is 2.20. The van der Waals surface area contributed by atoms with E-state index in [2.05, 4.69) is 256 Å². The predicted octanol–water partition coefficient (Wildman–Crippen LogP) is 15.8. The maximum absolute atomic E-state index is 7.24. The minimum atomic E-state index is -0.164. The van der Waals surface area contributed by atoms with Crippen LogP contribution in [0.2, 0.25) is 0 Å². The van der Waals surface area contributed by atoms with E-state index in [1.807, 2.05) is 0 Å². The van der Waals surface area contributed by atoms with Crippen molar-refractivity contribution in [2.24, 2.45) is 7.05 Å². The smallest absolute Gasteiger partial charge is 0.260 e. The van der Waals surface area contributed by atoms with E-state index in [1.54, 1.807) is 0 Å². The molecule has 354 valence electrons. The first kappa shape index (κ1) is 45.0. The molecule has 10 aromatic rings. The van der Waals surface area contributed by atoms with Crippen molar-refractivity contribution in [1.82, 2.24) is 9.13 Å². The van der Waals surface area contributed by atoms with E-state index in [9.17, 15) is 0 Å². The van der Waals surface area contributed by atoms with Crippen LogP contribution in [-0.4, -0.2) is 15.8 Å². The molecule has 0 atom stereocenters. The van der Waals surface area contributed by atoms with Crippen LogP contribution in [0.3, 0.4) is 0 Å². The molecule has 0 saturated heterocycles. The summed E-state index contributed by atoms with van der Waals surface area (Å²) >= 11 is 0. The fourth-order valence-corrected chi connectivity index (χ4v) is 11.4.